The molecule has 2 atom stereocenters. The summed E-state index contributed by atoms with van der Waals surface area (Å²) in [5.41, 5.74) is 4.39. The van der Waals surface area contributed by atoms with Gasteiger partial charge in [0, 0.05) is 30.4 Å². The first-order valence-electron chi connectivity index (χ1n) is 8.21. The van der Waals surface area contributed by atoms with E-state index in [1.54, 1.807) is 0 Å². The molecule has 1 aliphatic rings. The van der Waals surface area contributed by atoms with Crippen molar-refractivity contribution >= 4 is 46.3 Å². The second kappa shape index (κ2) is 9.78. The maximum Gasteiger partial charge on any atom is 0.341 e. The van der Waals surface area contributed by atoms with Crippen LogP contribution in [0.15, 0.2) is 12.1 Å². The number of ether oxygens (including phenoxy) is 1. The van der Waals surface area contributed by atoms with Gasteiger partial charge in [-0.1, -0.05) is 0 Å². The zero-order valence-corrected chi connectivity index (χ0v) is 17.6. The number of aryl methyl sites for hydroxylation is 1. The van der Waals surface area contributed by atoms with Gasteiger partial charge in [-0.25, -0.2) is 9.18 Å². The molecule has 0 radical (unpaired) electrons. The molecule has 25 heavy (non-hydrogen) atoms. The summed E-state index contributed by atoms with van der Waals surface area (Å²) in [6.45, 7) is 3.73. The van der Waals surface area contributed by atoms with E-state index in [4.69, 9.17) is 5.41 Å². The number of hydrogen-bond acceptors (Lipinski definition) is 5. The Bertz CT molecular complexity index is 624. The molecule has 0 amide bonds. The molecule has 1 aromatic carbocycles. The molecular weight excluding hydrogens is 455 g/mol. The van der Waals surface area contributed by atoms with Gasteiger partial charge < -0.3 is 15.2 Å². The van der Waals surface area contributed by atoms with Gasteiger partial charge >= 0.3 is 5.97 Å². The van der Waals surface area contributed by atoms with E-state index in [0.29, 0.717) is 12.3 Å². The number of likely N-dealkylation sites (tertiary alicyclic amines) is 1. The largest absolute Gasteiger partial charge is 0.467 e. The number of hydrogen-bond donors (Lipinski definition) is 2. The normalized spacial score (nSPS) is 17.6. The molecule has 0 aromatic heterocycles. The Morgan fingerprint density at radius 1 is 1.56 bits per heavy atom. The molecule has 0 spiro atoms. The minimum absolute atomic E-state index is 0.105. The molecule has 1 fully saturated rings. The van der Waals surface area contributed by atoms with Crippen molar-refractivity contribution in [3.63, 3.8) is 0 Å². The van der Waals surface area contributed by atoms with Crippen molar-refractivity contribution in [2.45, 2.75) is 31.9 Å². The lowest BCUT2D eigenvalue weighted by atomic mass is 9.85. The third-order valence-corrected chi connectivity index (χ3v) is 5.85. The Kier molecular flexibility index (Phi) is 8.03. The van der Waals surface area contributed by atoms with Gasteiger partial charge in [0.15, 0.2) is 0 Å². The summed E-state index contributed by atoms with van der Waals surface area (Å²) >= 11 is 2.28. The summed E-state index contributed by atoms with van der Waals surface area (Å²) < 4.78 is 18.2. The quantitative estimate of drug-likeness (QED) is 0.268. The zero-order valence-electron chi connectivity index (χ0n) is 14.4. The molecule has 138 valence electrons. The molecule has 0 aliphatic carbocycles. The maximum atomic E-state index is 13.7. The van der Waals surface area contributed by atoms with E-state index in [9.17, 15) is 9.18 Å². The molecule has 0 bridgehead atoms. The predicted octanol–water partition coefficient (Wildman–Crippen LogP) is 4.04. The van der Waals surface area contributed by atoms with E-state index >= 15 is 0 Å². The smallest absolute Gasteiger partial charge is 0.341 e. The lowest BCUT2D eigenvalue weighted by Crippen LogP contribution is -2.40. The zero-order chi connectivity index (χ0) is 18.4. The fourth-order valence-corrected chi connectivity index (χ4v) is 4.51. The monoisotopic (exact) mass is 479 g/mol. The number of esters is 1. The first-order valence-corrected chi connectivity index (χ1v) is 12.3. The van der Waals surface area contributed by atoms with Crippen LogP contribution in [-0.4, -0.2) is 50.0 Å². The number of anilines is 1. The van der Waals surface area contributed by atoms with Crippen molar-refractivity contribution in [1.82, 2.24) is 4.90 Å². The van der Waals surface area contributed by atoms with Gasteiger partial charge in [-0.15, -0.1) is 0 Å². The van der Waals surface area contributed by atoms with Gasteiger partial charge in [0.05, 0.1) is 7.11 Å². The molecule has 1 heterocycles. The summed E-state index contributed by atoms with van der Waals surface area (Å²) in [5, 5.41) is 10.9. The van der Waals surface area contributed by atoms with E-state index in [-0.39, 0.29) is 6.54 Å². The molecule has 8 heteroatoms. The lowest BCUT2D eigenvalue weighted by molar-refractivity contribution is -0.147. The van der Waals surface area contributed by atoms with E-state index in [1.165, 1.54) is 24.5 Å². The van der Waals surface area contributed by atoms with E-state index < -0.39 is 12.1 Å². The molecule has 1 aromatic rings. The molecule has 1 saturated heterocycles. The average molecular weight is 479 g/mol. The second-order valence-electron chi connectivity index (χ2n) is 6.23. The maximum absolute atomic E-state index is 13.7. The predicted molar refractivity (Wildman–Crippen MR) is 110 cm³/mol. The first kappa shape index (κ1) is 20.5. The number of carbonyl (C=O) groups excluding carboxylic acids is 1. The summed E-state index contributed by atoms with van der Waals surface area (Å²) in [7, 11) is 1.21. The van der Waals surface area contributed by atoms with Crippen LogP contribution < -0.4 is 5.09 Å². The van der Waals surface area contributed by atoms with Crippen LogP contribution in [0.4, 0.5) is 10.1 Å². The Hall–Kier alpha value is -0.790. The minimum atomic E-state index is -1.57. The Morgan fingerprint density at radius 3 is 2.80 bits per heavy atom. The first-order chi connectivity index (χ1) is 12.0. The summed E-state index contributed by atoms with van der Waals surface area (Å²) in [4.78, 5) is 13.2. The van der Waals surface area contributed by atoms with Gasteiger partial charge in [0.1, 0.15) is 0 Å². The standard InChI is InChI=1S/C17H24FIN3O2P/c1-11-7-13(9-20)16(21-25-19)8-14(11)12-3-5-22(6-4-12)10-15(18)17(23)24-2/h7-9,12,15,20-21,25H,3-6,10H2,1-2H3. The molecule has 2 rings (SSSR count). The average Bonchev–Trinajstić information content (AvgIpc) is 2.63. The van der Waals surface area contributed by atoms with Crippen molar-refractivity contribution < 1.29 is 13.9 Å². The summed E-state index contributed by atoms with van der Waals surface area (Å²) in [5.74, 6) is -0.374. The number of halogens is 2. The molecule has 1 aliphatic heterocycles. The number of nitrogens with one attached hydrogen (secondary N) is 2. The van der Waals surface area contributed by atoms with Crippen molar-refractivity contribution in [3.05, 3.63) is 28.8 Å². The molecule has 5 nitrogen and oxygen atoms in total. The number of alkyl halides is 1. The topological polar surface area (TPSA) is 65.4 Å². The number of carbonyl (C=O) groups is 1. The highest BCUT2D eigenvalue weighted by atomic mass is 127. The van der Waals surface area contributed by atoms with Crippen LogP contribution >= 0.6 is 28.4 Å². The molecule has 0 saturated carbocycles. The number of piperidine rings is 1. The molecule has 2 N–H and O–H groups in total. The van der Waals surface area contributed by atoms with E-state index in [2.05, 4.69) is 50.9 Å². The number of nitrogens with zero attached hydrogens (tertiary/aromatic N) is 1. The third kappa shape index (κ3) is 5.34. The Labute approximate surface area is 162 Å². The Morgan fingerprint density at radius 2 is 2.24 bits per heavy atom. The van der Waals surface area contributed by atoms with Crippen LogP contribution in [0.5, 0.6) is 0 Å². The summed E-state index contributed by atoms with van der Waals surface area (Å²) in [6, 6.07) is 4.22. The van der Waals surface area contributed by atoms with Crippen molar-refractivity contribution in [2.24, 2.45) is 0 Å². The number of benzene rings is 1. The second-order valence-corrected chi connectivity index (χ2v) is 8.28. The van der Waals surface area contributed by atoms with Crippen molar-refractivity contribution in [2.75, 3.05) is 31.8 Å². The van der Waals surface area contributed by atoms with Crippen molar-refractivity contribution in [3.8, 4) is 0 Å². The highest BCUT2D eigenvalue weighted by molar-refractivity contribution is 14.2. The van der Waals surface area contributed by atoms with Crippen LogP contribution in [0.1, 0.15) is 35.4 Å². The van der Waals surface area contributed by atoms with Crippen LogP contribution in [0.3, 0.4) is 0 Å². The number of methoxy groups -OCH3 is 1. The van der Waals surface area contributed by atoms with Crippen LogP contribution in [0.2, 0.25) is 0 Å². The lowest BCUT2D eigenvalue weighted by Gasteiger charge is -2.33. The highest BCUT2D eigenvalue weighted by Crippen LogP contribution is 2.35. The molecule has 2 unspecified atom stereocenters. The fraction of sp³-hybridized carbons (Fsp3) is 0.529. The van der Waals surface area contributed by atoms with Gasteiger partial charge in [-0.05, 0) is 84.1 Å². The van der Waals surface area contributed by atoms with E-state index in [0.717, 1.165) is 37.2 Å². The van der Waals surface area contributed by atoms with Gasteiger partial charge in [-0.3, -0.25) is 4.90 Å². The van der Waals surface area contributed by atoms with Crippen LogP contribution in [0, 0.1) is 12.3 Å². The van der Waals surface area contributed by atoms with Crippen molar-refractivity contribution in [1.29, 1.82) is 5.41 Å². The minimum Gasteiger partial charge on any atom is -0.467 e. The third-order valence-electron chi connectivity index (χ3n) is 4.68. The summed E-state index contributed by atoms with van der Waals surface area (Å²) in [6.07, 6.45) is 2.23. The van der Waals surface area contributed by atoms with Gasteiger partial charge in [-0.2, -0.15) is 0 Å². The Balaban J connectivity index is 2.04. The van der Waals surface area contributed by atoms with Crippen LogP contribution in [0.25, 0.3) is 0 Å². The van der Waals surface area contributed by atoms with Crippen LogP contribution in [-0.2, 0) is 9.53 Å². The number of rotatable bonds is 7. The van der Waals surface area contributed by atoms with Gasteiger partial charge in [0.2, 0.25) is 6.17 Å². The van der Waals surface area contributed by atoms with E-state index in [1.807, 2.05) is 4.90 Å². The SMILES string of the molecule is COC(=O)C(F)CN1CCC(c2cc(NPI)c(C=N)cc2C)CC1. The fourth-order valence-electron chi connectivity index (χ4n) is 3.32. The molecular formula is C17H24FIN3O2P. The highest BCUT2D eigenvalue weighted by Gasteiger charge is 2.27. The van der Waals surface area contributed by atoms with Gasteiger partial charge in [0.25, 0.3) is 0 Å².